The summed E-state index contributed by atoms with van der Waals surface area (Å²) in [6, 6.07) is 6.29. The number of carbonyl (C=O) groups excluding carboxylic acids is 1. The second-order valence-electron chi connectivity index (χ2n) is 5.74. The highest BCUT2D eigenvalue weighted by atomic mass is 32.2. The molecule has 5 nitrogen and oxygen atoms in total. The molecule has 0 unspecified atom stereocenters. The Labute approximate surface area is 132 Å². The molecule has 0 bridgehead atoms. The van der Waals surface area contributed by atoms with Gasteiger partial charge in [-0.15, -0.1) is 0 Å². The molecule has 22 heavy (non-hydrogen) atoms. The van der Waals surface area contributed by atoms with Gasteiger partial charge in [0.1, 0.15) is 0 Å². The van der Waals surface area contributed by atoms with Gasteiger partial charge in [0, 0.05) is 18.7 Å². The van der Waals surface area contributed by atoms with Gasteiger partial charge in [-0.2, -0.15) is 0 Å². The average Bonchev–Trinajstić information content (AvgIpc) is 2.55. The van der Waals surface area contributed by atoms with Gasteiger partial charge in [-0.25, -0.2) is 8.42 Å². The summed E-state index contributed by atoms with van der Waals surface area (Å²) in [7, 11) is -1.29. The number of carbonyl (C=O) groups is 1. The average molecular weight is 324 g/mol. The van der Waals surface area contributed by atoms with E-state index in [0.29, 0.717) is 11.5 Å². The summed E-state index contributed by atoms with van der Waals surface area (Å²) in [5.41, 5.74) is 0.556. The third-order valence-electron chi connectivity index (χ3n) is 4.14. The largest absolute Gasteiger partial charge is 0.338 e. The number of benzene rings is 1. The maximum atomic E-state index is 12.5. The molecule has 6 heteroatoms. The van der Waals surface area contributed by atoms with Gasteiger partial charge in [0.25, 0.3) is 5.91 Å². The van der Waals surface area contributed by atoms with Crippen molar-refractivity contribution in [1.82, 2.24) is 10.2 Å². The van der Waals surface area contributed by atoms with Crippen LogP contribution in [0.15, 0.2) is 29.2 Å². The summed E-state index contributed by atoms with van der Waals surface area (Å²) in [5.74, 6) is 0.543. The molecule has 1 aromatic carbocycles. The summed E-state index contributed by atoms with van der Waals surface area (Å²) in [4.78, 5) is 14.7. The highest BCUT2D eigenvalue weighted by molar-refractivity contribution is 7.91. The van der Waals surface area contributed by atoms with E-state index in [4.69, 9.17) is 0 Å². The van der Waals surface area contributed by atoms with Crippen LogP contribution in [0, 0.1) is 5.92 Å². The van der Waals surface area contributed by atoms with Crippen LogP contribution in [-0.2, 0) is 9.84 Å². The molecule has 1 N–H and O–H groups in total. The number of likely N-dealkylation sites (tertiary alicyclic amines) is 1. The molecular weight excluding hydrogens is 300 g/mol. The van der Waals surface area contributed by atoms with Gasteiger partial charge in [-0.1, -0.05) is 6.92 Å². The summed E-state index contributed by atoms with van der Waals surface area (Å²) in [6.07, 6.45) is 2.15. The predicted octanol–water partition coefficient (Wildman–Crippen LogP) is 1.55. The van der Waals surface area contributed by atoms with Crippen molar-refractivity contribution in [3.05, 3.63) is 29.8 Å². The number of hydrogen-bond acceptors (Lipinski definition) is 4. The molecule has 1 atom stereocenters. The van der Waals surface area contributed by atoms with Gasteiger partial charge in [0.05, 0.1) is 10.6 Å². The number of hydrogen-bond donors (Lipinski definition) is 1. The number of amides is 1. The van der Waals surface area contributed by atoms with Gasteiger partial charge >= 0.3 is 0 Å². The van der Waals surface area contributed by atoms with Crippen LogP contribution in [0.2, 0.25) is 0 Å². The van der Waals surface area contributed by atoms with Gasteiger partial charge in [0.2, 0.25) is 0 Å². The standard InChI is InChI=1S/C16H24N2O3S/c1-3-22(20,21)15-8-6-14(7-9-15)16(19)18-10-4-5-13(12-18)11-17-2/h6-9,13,17H,3-5,10-12H2,1-2H3/t13-/m0/s1. The molecule has 0 spiro atoms. The van der Waals surface area contributed by atoms with Gasteiger partial charge in [-0.3, -0.25) is 4.79 Å². The maximum absolute atomic E-state index is 12.5. The molecule has 1 aromatic rings. The van der Waals surface area contributed by atoms with E-state index in [0.717, 1.165) is 32.5 Å². The van der Waals surface area contributed by atoms with E-state index >= 15 is 0 Å². The zero-order valence-corrected chi connectivity index (χ0v) is 14.0. The Hall–Kier alpha value is -1.40. The van der Waals surface area contributed by atoms with Crippen molar-refractivity contribution in [3.8, 4) is 0 Å². The molecular formula is C16H24N2O3S. The molecule has 1 heterocycles. The first kappa shape index (κ1) is 17.0. The van der Waals surface area contributed by atoms with Gasteiger partial charge < -0.3 is 10.2 Å². The lowest BCUT2D eigenvalue weighted by Crippen LogP contribution is -2.42. The summed E-state index contributed by atoms with van der Waals surface area (Å²) < 4.78 is 23.6. The van der Waals surface area contributed by atoms with E-state index in [1.165, 1.54) is 12.1 Å². The van der Waals surface area contributed by atoms with Crippen LogP contribution >= 0.6 is 0 Å². The second-order valence-corrected chi connectivity index (χ2v) is 8.02. The summed E-state index contributed by atoms with van der Waals surface area (Å²) in [5, 5.41) is 3.16. The molecule has 1 amide bonds. The Bertz CT molecular complexity index is 609. The maximum Gasteiger partial charge on any atom is 0.253 e. The molecule has 1 fully saturated rings. The Morgan fingerprint density at radius 3 is 2.59 bits per heavy atom. The number of piperidine rings is 1. The van der Waals surface area contributed by atoms with Crippen LogP contribution in [0.25, 0.3) is 0 Å². The number of sulfone groups is 1. The highest BCUT2D eigenvalue weighted by Gasteiger charge is 2.24. The molecule has 0 radical (unpaired) electrons. The molecule has 122 valence electrons. The van der Waals surface area contributed by atoms with Crippen LogP contribution in [0.5, 0.6) is 0 Å². The van der Waals surface area contributed by atoms with Crippen molar-refractivity contribution >= 4 is 15.7 Å². The molecule has 1 aliphatic heterocycles. The van der Waals surface area contributed by atoms with Crippen molar-refractivity contribution in [2.45, 2.75) is 24.7 Å². The lowest BCUT2D eigenvalue weighted by molar-refractivity contribution is 0.0674. The van der Waals surface area contributed by atoms with Crippen molar-refractivity contribution in [3.63, 3.8) is 0 Å². The normalized spacial score (nSPS) is 19.2. The Morgan fingerprint density at radius 1 is 1.32 bits per heavy atom. The van der Waals surface area contributed by atoms with E-state index in [1.807, 2.05) is 11.9 Å². The fourth-order valence-electron chi connectivity index (χ4n) is 2.86. The van der Waals surface area contributed by atoms with Gasteiger partial charge in [0.15, 0.2) is 9.84 Å². The lowest BCUT2D eigenvalue weighted by atomic mass is 9.97. The fraction of sp³-hybridized carbons (Fsp3) is 0.562. The third-order valence-corrected chi connectivity index (χ3v) is 5.89. The first-order chi connectivity index (χ1) is 10.5. The highest BCUT2D eigenvalue weighted by Crippen LogP contribution is 2.19. The molecule has 0 aromatic heterocycles. The molecule has 1 aliphatic rings. The predicted molar refractivity (Wildman–Crippen MR) is 86.7 cm³/mol. The van der Waals surface area contributed by atoms with Gasteiger partial charge in [-0.05, 0) is 56.6 Å². The molecule has 2 rings (SSSR count). The van der Waals surface area contributed by atoms with Crippen LogP contribution in [-0.4, -0.2) is 51.7 Å². The van der Waals surface area contributed by atoms with E-state index in [9.17, 15) is 13.2 Å². The summed E-state index contributed by atoms with van der Waals surface area (Å²) in [6.45, 7) is 4.06. The van der Waals surface area contributed by atoms with Crippen molar-refractivity contribution < 1.29 is 13.2 Å². The molecule has 0 aliphatic carbocycles. The van der Waals surface area contributed by atoms with E-state index < -0.39 is 9.84 Å². The minimum absolute atomic E-state index is 0.0127. The zero-order chi connectivity index (χ0) is 16.2. The quantitative estimate of drug-likeness (QED) is 0.892. The lowest BCUT2D eigenvalue weighted by Gasteiger charge is -2.32. The molecule has 1 saturated heterocycles. The number of rotatable bonds is 5. The number of nitrogens with one attached hydrogen (secondary N) is 1. The SMILES string of the molecule is CCS(=O)(=O)c1ccc(C(=O)N2CCC[C@@H](CNC)C2)cc1. The topological polar surface area (TPSA) is 66.5 Å². The first-order valence-corrected chi connectivity index (χ1v) is 9.40. The fourth-order valence-corrected chi connectivity index (χ4v) is 3.74. The zero-order valence-electron chi connectivity index (χ0n) is 13.2. The van der Waals surface area contributed by atoms with Crippen molar-refractivity contribution in [2.75, 3.05) is 32.4 Å². The van der Waals surface area contributed by atoms with Crippen molar-refractivity contribution in [2.24, 2.45) is 5.92 Å². The number of nitrogens with zero attached hydrogens (tertiary/aromatic N) is 1. The summed E-state index contributed by atoms with van der Waals surface area (Å²) >= 11 is 0. The van der Waals surface area contributed by atoms with Crippen LogP contribution in [0.1, 0.15) is 30.1 Å². The smallest absolute Gasteiger partial charge is 0.253 e. The van der Waals surface area contributed by atoms with Crippen LogP contribution in [0.3, 0.4) is 0 Å². The van der Waals surface area contributed by atoms with E-state index in [1.54, 1.807) is 19.1 Å². The second kappa shape index (κ2) is 7.24. The Morgan fingerprint density at radius 2 is 2.00 bits per heavy atom. The third kappa shape index (κ3) is 3.87. The Balaban J connectivity index is 2.09. The van der Waals surface area contributed by atoms with E-state index in [-0.39, 0.29) is 16.6 Å². The minimum atomic E-state index is -3.21. The Kier molecular flexibility index (Phi) is 5.58. The monoisotopic (exact) mass is 324 g/mol. The molecule has 0 saturated carbocycles. The van der Waals surface area contributed by atoms with Crippen LogP contribution in [0.4, 0.5) is 0 Å². The van der Waals surface area contributed by atoms with Crippen LogP contribution < -0.4 is 5.32 Å². The van der Waals surface area contributed by atoms with Crippen molar-refractivity contribution in [1.29, 1.82) is 0 Å². The minimum Gasteiger partial charge on any atom is -0.338 e. The first-order valence-electron chi connectivity index (χ1n) is 7.74. The van der Waals surface area contributed by atoms with E-state index in [2.05, 4.69) is 5.32 Å².